The molecule has 4 atom stereocenters. The maximum absolute atomic E-state index is 15.5. The maximum Gasteiger partial charge on any atom is 0.321 e. The van der Waals surface area contributed by atoms with Gasteiger partial charge in [0.15, 0.2) is 0 Å². The molecule has 2 aromatic carbocycles. The number of hydrogen-bond acceptors (Lipinski definition) is 2. The Morgan fingerprint density at radius 2 is 1.74 bits per heavy atom. The van der Waals surface area contributed by atoms with Gasteiger partial charge in [-0.3, -0.25) is 9.69 Å². The topological polar surface area (TPSA) is 40.5 Å². The summed E-state index contributed by atoms with van der Waals surface area (Å²) in [4.78, 5) is 15.1. The van der Waals surface area contributed by atoms with E-state index in [4.69, 9.17) is 23.2 Å². The molecule has 0 spiro atoms. The molecular weight excluding hydrogens is 472 g/mol. The van der Waals surface area contributed by atoms with E-state index in [9.17, 15) is 9.90 Å². The number of carbonyl (C=O) groups is 1. The van der Waals surface area contributed by atoms with E-state index in [0.29, 0.717) is 21.5 Å². The van der Waals surface area contributed by atoms with Gasteiger partial charge in [0.05, 0.1) is 0 Å². The van der Waals surface area contributed by atoms with E-state index in [2.05, 4.69) is 25.7 Å². The van der Waals surface area contributed by atoms with Gasteiger partial charge >= 0.3 is 5.97 Å². The molecule has 1 N–H and O–H groups in total. The molecular formula is C28H34Cl2FNO2. The van der Waals surface area contributed by atoms with Crippen LogP contribution in [0.25, 0.3) is 0 Å². The van der Waals surface area contributed by atoms with Crippen LogP contribution < -0.4 is 0 Å². The molecule has 1 heterocycles. The van der Waals surface area contributed by atoms with Gasteiger partial charge in [-0.05, 0) is 66.0 Å². The van der Waals surface area contributed by atoms with Crippen LogP contribution in [0.2, 0.25) is 10.0 Å². The molecule has 184 valence electrons. The monoisotopic (exact) mass is 505 g/mol. The summed E-state index contributed by atoms with van der Waals surface area (Å²) in [6, 6.07) is 11.3. The Labute approximate surface area is 212 Å². The molecule has 4 rings (SSSR count). The van der Waals surface area contributed by atoms with Gasteiger partial charge in [-0.2, -0.15) is 0 Å². The number of nitrogens with zero attached hydrogens (tertiary/aromatic N) is 1. The normalized spacial score (nSPS) is 26.3. The molecule has 6 heteroatoms. The van der Waals surface area contributed by atoms with Gasteiger partial charge in [-0.15, -0.1) is 0 Å². The van der Waals surface area contributed by atoms with Crippen molar-refractivity contribution in [2.45, 2.75) is 76.8 Å². The first kappa shape index (κ1) is 25.5. The van der Waals surface area contributed by atoms with E-state index in [0.717, 1.165) is 31.4 Å². The third-order valence-electron chi connectivity index (χ3n) is 7.50. The maximum atomic E-state index is 15.5. The molecule has 1 saturated carbocycles. The number of hydrogen-bond donors (Lipinski definition) is 1. The molecule has 0 bridgehead atoms. The van der Waals surface area contributed by atoms with Crippen LogP contribution >= 0.6 is 23.2 Å². The lowest BCUT2D eigenvalue weighted by molar-refractivity contribution is -0.143. The number of likely N-dealkylation sites (tertiary alicyclic amines) is 1. The van der Waals surface area contributed by atoms with E-state index in [1.807, 2.05) is 18.2 Å². The molecule has 0 aromatic heterocycles. The van der Waals surface area contributed by atoms with Crippen molar-refractivity contribution in [3.05, 3.63) is 69.5 Å². The Bertz CT molecular complexity index is 1030. The predicted molar refractivity (Wildman–Crippen MR) is 136 cm³/mol. The Morgan fingerprint density at radius 1 is 1.06 bits per heavy atom. The fourth-order valence-corrected chi connectivity index (χ4v) is 6.60. The minimum atomic E-state index is -0.862. The zero-order chi connectivity index (χ0) is 24.6. The Balaban J connectivity index is 1.90. The minimum absolute atomic E-state index is 0.0635. The van der Waals surface area contributed by atoms with Gasteiger partial charge in [0.2, 0.25) is 0 Å². The van der Waals surface area contributed by atoms with Crippen LogP contribution in [-0.2, 0) is 4.79 Å². The fourth-order valence-electron chi connectivity index (χ4n) is 6.24. The van der Waals surface area contributed by atoms with Crippen LogP contribution in [0, 0.1) is 17.2 Å². The molecule has 0 amide bonds. The lowest BCUT2D eigenvalue weighted by Gasteiger charge is -2.36. The lowest BCUT2D eigenvalue weighted by atomic mass is 9.74. The van der Waals surface area contributed by atoms with Crippen molar-refractivity contribution < 1.29 is 14.3 Å². The van der Waals surface area contributed by atoms with Crippen molar-refractivity contribution >= 4 is 29.2 Å². The van der Waals surface area contributed by atoms with Crippen molar-refractivity contribution in [3.8, 4) is 0 Å². The fraction of sp³-hybridized carbons (Fsp3) is 0.536. The highest BCUT2D eigenvalue weighted by Gasteiger charge is 2.54. The molecule has 3 nitrogen and oxygen atoms in total. The highest BCUT2D eigenvalue weighted by Crippen LogP contribution is 2.52. The zero-order valence-corrected chi connectivity index (χ0v) is 21.6. The Hall–Kier alpha value is -1.62. The summed E-state index contributed by atoms with van der Waals surface area (Å²) in [5, 5.41) is 11.5. The first-order valence-electron chi connectivity index (χ1n) is 12.2. The molecule has 2 aromatic rings. The summed E-state index contributed by atoms with van der Waals surface area (Å²) >= 11 is 12.5. The van der Waals surface area contributed by atoms with Gasteiger partial charge < -0.3 is 5.11 Å². The molecule has 1 aliphatic heterocycles. The van der Waals surface area contributed by atoms with Crippen LogP contribution in [-0.4, -0.2) is 34.6 Å². The molecule has 1 saturated heterocycles. The second kappa shape index (κ2) is 10.2. The van der Waals surface area contributed by atoms with Gasteiger partial charge in [0, 0.05) is 34.5 Å². The molecule has 34 heavy (non-hydrogen) atoms. The van der Waals surface area contributed by atoms with Crippen LogP contribution in [0.15, 0.2) is 42.5 Å². The van der Waals surface area contributed by atoms with Crippen molar-refractivity contribution in [1.29, 1.82) is 0 Å². The summed E-state index contributed by atoms with van der Waals surface area (Å²) < 4.78 is 15.5. The van der Waals surface area contributed by atoms with E-state index >= 15 is 4.39 Å². The minimum Gasteiger partial charge on any atom is -0.480 e. The zero-order valence-electron chi connectivity index (χ0n) is 20.1. The van der Waals surface area contributed by atoms with Gasteiger partial charge in [0.25, 0.3) is 0 Å². The highest BCUT2D eigenvalue weighted by molar-refractivity contribution is 6.30. The number of rotatable bonds is 6. The van der Waals surface area contributed by atoms with Crippen LogP contribution in [0.4, 0.5) is 4.39 Å². The Morgan fingerprint density at radius 3 is 2.32 bits per heavy atom. The summed E-state index contributed by atoms with van der Waals surface area (Å²) in [6.07, 6.45) is 5.37. The number of carboxylic acids is 1. The van der Waals surface area contributed by atoms with E-state index in [1.165, 1.54) is 18.9 Å². The summed E-state index contributed by atoms with van der Waals surface area (Å²) in [5.41, 5.74) is 1.31. The van der Waals surface area contributed by atoms with Crippen molar-refractivity contribution in [2.75, 3.05) is 6.54 Å². The number of carboxylic acid groups (broad SMARTS) is 1. The van der Waals surface area contributed by atoms with Crippen LogP contribution in [0.3, 0.4) is 0 Å². The Kier molecular flexibility index (Phi) is 7.61. The molecule has 2 fully saturated rings. The second-order valence-electron chi connectivity index (χ2n) is 11.2. The first-order valence-corrected chi connectivity index (χ1v) is 13.0. The molecule has 1 aliphatic carbocycles. The average Bonchev–Trinajstić information content (AvgIpc) is 3.34. The van der Waals surface area contributed by atoms with Crippen molar-refractivity contribution in [1.82, 2.24) is 4.90 Å². The largest absolute Gasteiger partial charge is 0.480 e. The van der Waals surface area contributed by atoms with E-state index in [-0.39, 0.29) is 23.2 Å². The third kappa shape index (κ3) is 5.45. The standard InChI is InChI=1S/C28H34Cl2FNO2/c1-28(2,3)15-23-25(21-12-11-20(30)14-22(21)31)24(18-9-6-10-19(29)13-18)26(27(33)34)32(23)16-17-7-4-5-8-17/h6,9-14,17,23-26H,4-5,7-8,15-16H2,1-3H3,(H,33,34). The molecule has 4 unspecified atom stereocenters. The summed E-state index contributed by atoms with van der Waals surface area (Å²) in [5.74, 6) is -1.54. The first-order chi connectivity index (χ1) is 16.0. The quantitative estimate of drug-likeness (QED) is 0.435. The van der Waals surface area contributed by atoms with Gasteiger partial charge in [-0.1, -0.05) is 75.0 Å². The SMILES string of the molecule is CC(C)(C)CC1C(c2ccc(Cl)cc2F)C(c2cccc(Cl)c2)C(C(=O)O)N1CC1CCCC1. The number of halogens is 3. The van der Waals surface area contributed by atoms with E-state index in [1.54, 1.807) is 18.2 Å². The summed E-state index contributed by atoms with van der Waals surface area (Å²) in [6.45, 7) is 7.22. The molecule has 0 radical (unpaired) electrons. The van der Waals surface area contributed by atoms with Gasteiger partial charge in [-0.25, -0.2) is 4.39 Å². The van der Waals surface area contributed by atoms with Crippen LogP contribution in [0.1, 0.15) is 75.8 Å². The average molecular weight is 506 g/mol. The third-order valence-corrected chi connectivity index (χ3v) is 7.97. The van der Waals surface area contributed by atoms with Crippen molar-refractivity contribution in [2.24, 2.45) is 11.3 Å². The van der Waals surface area contributed by atoms with Gasteiger partial charge in [0.1, 0.15) is 11.9 Å². The smallest absolute Gasteiger partial charge is 0.321 e. The highest BCUT2D eigenvalue weighted by atomic mass is 35.5. The van der Waals surface area contributed by atoms with Crippen LogP contribution in [0.5, 0.6) is 0 Å². The predicted octanol–water partition coefficient (Wildman–Crippen LogP) is 7.76. The summed E-state index contributed by atoms with van der Waals surface area (Å²) in [7, 11) is 0. The second-order valence-corrected chi connectivity index (χ2v) is 12.1. The number of benzene rings is 2. The molecule has 2 aliphatic rings. The van der Waals surface area contributed by atoms with E-state index < -0.39 is 17.9 Å². The lowest BCUT2D eigenvalue weighted by Crippen LogP contribution is -2.45. The number of aliphatic carboxylic acids is 1. The van der Waals surface area contributed by atoms with Crippen molar-refractivity contribution in [3.63, 3.8) is 0 Å².